The number of rotatable bonds is 9. The number of aromatic nitrogens is 1. The van der Waals surface area contributed by atoms with Crippen LogP contribution in [0.3, 0.4) is 0 Å². The van der Waals surface area contributed by atoms with Crippen LogP contribution in [0.4, 0.5) is 0 Å². The lowest BCUT2D eigenvalue weighted by Gasteiger charge is -2.13. The lowest BCUT2D eigenvalue weighted by Crippen LogP contribution is -2.12. The van der Waals surface area contributed by atoms with Gasteiger partial charge in [0.25, 0.3) is 20.1 Å². The zero-order valence-electron chi connectivity index (χ0n) is 20.4. The summed E-state index contributed by atoms with van der Waals surface area (Å²) in [6, 6.07) is 16.3. The zero-order chi connectivity index (χ0) is 26.1. The van der Waals surface area contributed by atoms with Gasteiger partial charge in [0.1, 0.15) is 5.52 Å². The number of fused-ring (bicyclic) bond motifs is 1. The fourth-order valence-corrected chi connectivity index (χ4v) is 6.21. The molecule has 0 unspecified atom stereocenters. The Morgan fingerprint density at radius 3 is 1.89 bits per heavy atom. The van der Waals surface area contributed by atoms with Crippen molar-refractivity contribution in [2.75, 3.05) is 20.8 Å². The van der Waals surface area contributed by atoms with E-state index in [9.17, 15) is 16.8 Å². The molecule has 0 atom stereocenters. The van der Waals surface area contributed by atoms with Crippen LogP contribution < -0.4 is 9.47 Å². The van der Waals surface area contributed by atoms with Gasteiger partial charge in [-0.05, 0) is 62.2 Å². The molecule has 10 heteroatoms. The first-order chi connectivity index (χ1) is 17.1. The minimum atomic E-state index is -4.00. The molecule has 0 fully saturated rings. The normalized spacial score (nSPS) is 12.1. The van der Waals surface area contributed by atoms with Gasteiger partial charge in [0.2, 0.25) is 0 Å². The van der Waals surface area contributed by atoms with Crippen LogP contribution in [0.15, 0.2) is 76.7 Å². The summed E-state index contributed by atoms with van der Waals surface area (Å²) in [4.78, 5) is 0.170. The van der Waals surface area contributed by atoms with Crippen molar-refractivity contribution in [3.8, 4) is 11.5 Å². The standard InChI is InChI=1S/C26H27NO7S2/c1-18-5-9-21(10-6-18)35(28,29)27-17-20(23-13-14-24(32-3)26(33-4)25(23)27)15-16-34-36(30,31)22-11-7-19(2)8-12-22/h5-14,17H,15-16H2,1-4H3. The second kappa shape index (κ2) is 9.96. The molecule has 0 amide bonds. The molecule has 0 N–H and O–H groups in total. The van der Waals surface area contributed by atoms with Crippen molar-refractivity contribution in [1.82, 2.24) is 3.97 Å². The number of benzene rings is 3. The number of methoxy groups -OCH3 is 2. The number of nitrogens with zero attached hydrogens (tertiary/aromatic N) is 1. The smallest absolute Gasteiger partial charge is 0.296 e. The molecule has 0 saturated heterocycles. The third-order valence-electron chi connectivity index (χ3n) is 5.86. The molecule has 0 spiro atoms. The first-order valence-corrected chi connectivity index (χ1v) is 14.0. The summed E-state index contributed by atoms with van der Waals surface area (Å²) in [6.45, 7) is 3.56. The summed E-state index contributed by atoms with van der Waals surface area (Å²) < 4.78 is 69.8. The van der Waals surface area contributed by atoms with Crippen molar-refractivity contribution in [2.24, 2.45) is 0 Å². The van der Waals surface area contributed by atoms with E-state index in [0.29, 0.717) is 22.2 Å². The van der Waals surface area contributed by atoms with Crippen LogP contribution in [0.2, 0.25) is 0 Å². The molecule has 1 aromatic heterocycles. The van der Waals surface area contributed by atoms with Crippen molar-refractivity contribution < 1.29 is 30.5 Å². The van der Waals surface area contributed by atoms with Gasteiger partial charge in [-0.25, -0.2) is 12.4 Å². The highest BCUT2D eigenvalue weighted by Gasteiger charge is 2.26. The van der Waals surface area contributed by atoms with Gasteiger partial charge in [0.05, 0.1) is 30.6 Å². The van der Waals surface area contributed by atoms with Crippen LogP contribution in [0, 0.1) is 13.8 Å². The highest BCUT2D eigenvalue weighted by molar-refractivity contribution is 7.90. The Kier molecular flexibility index (Phi) is 7.12. The van der Waals surface area contributed by atoms with Gasteiger partial charge in [-0.3, -0.25) is 4.18 Å². The van der Waals surface area contributed by atoms with Gasteiger partial charge < -0.3 is 9.47 Å². The van der Waals surface area contributed by atoms with E-state index in [1.807, 2.05) is 13.8 Å². The summed E-state index contributed by atoms with van der Waals surface area (Å²) in [5.41, 5.74) is 2.74. The largest absolute Gasteiger partial charge is 0.493 e. The molecular formula is C26H27NO7S2. The Bertz CT molecular complexity index is 1600. The van der Waals surface area contributed by atoms with E-state index in [-0.39, 0.29) is 28.6 Å². The summed E-state index contributed by atoms with van der Waals surface area (Å²) in [5, 5.41) is 0.583. The predicted molar refractivity (Wildman–Crippen MR) is 137 cm³/mol. The Balaban J connectivity index is 1.75. The first kappa shape index (κ1) is 25.7. The van der Waals surface area contributed by atoms with Crippen LogP contribution in [-0.2, 0) is 30.7 Å². The molecule has 1 heterocycles. The van der Waals surface area contributed by atoms with E-state index < -0.39 is 20.1 Å². The maximum Gasteiger partial charge on any atom is 0.296 e. The molecule has 0 aliphatic carbocycles. The monoisotopic (exact) mass is 529 g/mol. The average Bonchev–Trinajstić information content (AvgIpc) is 3.23. The van der Waals surface area contributed by atoms with Crippen molar-refractivity contribution in [1.29, 1.82) is 0 Å². The van der Waals surface area contributed by atoms with E-state index in [2.05, 4.69) is 0 Å². The maximum atomic E-state index is 13.6. The SMILES string of the molecule is COc1ccc2c(CCOS(=O)(=O)c3ccc(C)cc3)cn(S(=O)(=O)c3ccc(C)cc3)c2c1OC. The fraction of sp³-hybridized carbons (Fsp3) is 0.231. The quantitative estimate of drug-likeness (QED) is 0.295. The molecule has 4 rings (SSSR count). The summed E-state index contributed by atoms with van der Waals surface area (Å²) >= 11 is 0. The van der Waals surface area contributed by atoms with Crippen LogP contribution in [0.1, 0.15) is 16.7 Å². The van der Waals surface area contributed by atoms with Crippen LogP contribution in [0.25, 0.3) is 10.9 Å². The summed E-state index contributed by atoms with van der Waals surface area (Å²) in [6.07, 6.45) is 1.62. The molecule has 3 aromatic carbocycles. The molecule has 190 valence electrons. The van der Waals surface area contributed by atoms with E-state index in [0.717, 1.165) is 15.1 Å². The number of aryl methyl sites for hydroxylation is 2. The Labute approximate surface area is 211 Å². The highest BCUT2D eigenvalue weighted by atomic mass is 32.2. The topological polar surface area (TPSA) is 101 Å². The lowest BCUT2D eigenvalue weighted by atomic mass is 10.1. The molecule has 8 nitrogen and oxygen atoms in total. The highest BCUT2D eigenvalue weighted by Crippen LogP contribution is 2.39. The summed E-state index contributed by atoms with van der Waals surface area (Å²) in [5.74, 6) is 0.623. The second-order valence-electron chi connectivity index (χ2n) is 8.30. The van der Waals surface area contributed by atoms with Gasteiger partial charge in [-0.15, -0.1) is 0 Å². The van der Waals surface area contributed by atoms with Crippen molar-refractivity contribution in [3.05, 3.63) is 83.6 Å². The molecule has 36 heavy (non-hydrogen) atoms. The average molecular weight is 530 g/mol. The van der Waals surface area contributed by atoms with Gasteiger partial charge in [0, 0.05) is 11.6 Å². The van der Waals surface area contributed by atoms with Gasteiger partial charge in [-0.2, -0.15) is 8.42 Å². The molecular weight excluding hydrogens is 502 g/mol. The minimum Gasteiger partial charge on any atom is -0.493 e. The minimum absolute atomic E-state index is 0.0592. The number of ether oxygens (including phenoxy) is 2. The van der Waals surface area contributed by atoms with E-state index in [1.165, 1.54) is 32.5 Å². The molecule has 0 aliphatic rings. The van der Waals surface area contributed by atoms with Crippen molar-refractivity contribution in [2.45, 2.75) is 30.1 Å². The van der Waals surface area contributed by atoms with Crippen LogP contribution in [-0.4, -0.2) is 41.6 Å². The maximum absolute atomic E-state index is 13.6. The number of hydrogen-bond acceptors (Lipinski definition) is 7. The van der Waals surface area contributed by atoms with E-state index in [1.54, 1.807) is 48.5 Å². The third kappa shape index (κ3) is 4.84. The van der Waals surface area contributed by atoms with E-state index in [4.69, 9.17) is 13.7 Å². The summed E-state index contributed by atoms with van der Waals surface area (Å²) in [7, 11) is -5.06. The lowest BCUT2D eigenvalue weighted by molar-refractivity contribution is 0.322. The first-order valence-electron chi connectivity index (χ1n) is 11.1. The molecule has 0 aliphatic heterocycles. The molecule has 0 bridgehead atoms. The predicted octanol–water partition coefficient (Wildman–Crippen LogP) is 4.46. The number of hydrogen-bond donors (Lipinski definition) is 0. The van der Waals surface area contributed by atoms with Gasteiger partial charge >= 0.3 is 0 Å². The van der Waals surface area contributed by atoms with Crippen LogP contribution >= 0.6 is 0 Å². The molecule has 0 radical (unpaired) electrons. The Morgan fingerprint density at radius 2 is 1.33 bits per heavy atom. The Hall–Kier alpha value is -3.34. The van der Waals surface area contributed by atoms with Crippen LogP contribution in [0.5, 0.6) is 11.5 Å². The third-order valence-corrected chi connectivity index (χ3v) is 8.86. The zero-order valence-corrected chi connectivity index (χ0v) is 22.0. The van der Waals surface area contributed by atoms with Gasteiger partial charge in [0.15, 0.2) is 11.5 Å². The van der Waals surface area contributed by atoms with Gasteiger partial charge in [-0.1, -0.05) is 35.4 Å². The van der Waals surface area contributed by atoms with Crippen molar-refractivity contribution >= 4 is 31.0 Å². The van der Waals surface area contributed by atoms with E-state index >= 15 is 0 Å². The fourth-order valence-electron chi connectivity index (χ4n) is 3.91. The Morgan fingerprint density at radius 1 is 0.750 bits per heavy atom. The van der Waals surface area contributed by atoms with Crippen molar-refractivity contribution in [3.63, 3.8) is 0 Å². The molecule has 0 saturated carbocycles. The second-order valence-corrected chi connectivity index (χ2v) is 11.7. The molecule has 4 aromatic rings.